The van der Waals surface area contributed by atoms with Gasteiger partial charge in [-0.05, 0) is 60.8 Å². The molecule has 2 nitrogen and oxygen atoms in total. The second kappa shape index (κ2) is 7.01. The van der Waals surface area contributed by atoms with Gasteiger partial charge in [-0.3, -0.25) is 0 Å². The Morgan fingerprint density at radius 3 is 2.74 bits per heavy atom. The zero-order chi connectivity index (χ0) is 18.3. The van der Waals surface area contributed by atoms with E-state index in [1.54, 1.807) is 0 Å². The number of alkyl halides is 1. The van der Waals surface area contributed by atoms with Crippen LogP contribution >= 0.6 is 11.3 Å². The average molecular weight is 381 g/mol. The zero-order valence-electron chi connectivity index (χ0n) is 15.4. The van der Waals surface area contributed by atoms with Crippen molar-refractivity contribution >= 4 is 22.1 Å². The number of benzene rings is 2. The van der Waals surface area contributed by atoms with Crippen molar-refractivity contribution in [3.05, 3.63) is 59.5 Å². The maximum absolute atomic E-state index is 14.8. The molecule has 2 fully saturated rings. The minimum Gasteiger partial charge on any atom is -0.316 e. The van der Waals surface area contributed by atoms with Crippen LogP contribution in [0.5, 0.6) is 0 Å². The summed E-state index contributed by atoms with van der Waals surface area (Å²) in [5.74, 6) is 0.545. The quantitative estimate of drug-likeness (QED) is 0.643. The summed E-state index contributed by atoms with van der Waals surface area (Å²) in [4.78, 5) is 2.75. The molecule has 2 heterocycles. The highest BCUT2D eigenvalue weighted by Crippen LogP contribution is 2.46. The summed E-state index contributed by atoms with van der Waals surface area (Å²) in [6, 6.07) is 20.0. The number of nitrogens with one attached hydrogen (secondary N) is 2. The molecule has 1 saturated heterocycles. The third-order valence-corrected chi connectivity index (χ3v) is 7.27. The molecule has 140 valence electrons. The molecule has 3 aromatic rings. The van der Waals surface area contributed by atoms with Crippen molar-refractivity contribution in [3.8, 4) is 10.4 Å². The summed E-state index contributed by atoms with van der Waals surface area (Å²) in [6.45, 7) is 2.09. The monoisotopic (exact) mass is 380 g/mol. The van der Waals surface area contributed by atoms with Crippen molar-refractivity contribution in [1.29, 1.82) is 0 Å². The molecule has 2 atom stereocenters. The number of halogens is 1. The van der Waals surface area contributed by atoms with Crippen LogP contribution in [0.15, 0.2) is 54.6 Å². The first-order valence-corrected chi connectivity index (χ1v) is 10.7. The maximum Gasteiger partial charge on any atom is 0.125 e. The van der Waals surface area contributed by atoms with Gasteiger partial charge in [0.25, 0.3) is 0 Å². The summed E-state index contributed by atoms with van der Waals surface area (Å²) in [6.07, 6.45) is 2.38. The molecule has 2 unspecified atom stereocenters. The summed E-state index contributed by atoms with van der Waals surface area (Å²) in [7, 11) is 0. The standard InChI is InChI=1S/C23H25FN2S/c24-23(10-12-25-13-11-23)15-26-20-14-19(20)22-9-8-21(27-22)18-7-3-5-16-4-1-2-6-17(16)18/h1-9,19-20,25-26H,10-15H2. The molecule has 1 aliphatic heterocycles. The van der Waals surface area contributed by atoms with Crippen LogP contribution in [-0.2, 0) is 0 Å². The third kappa shape index (κ3) is 3.54. The van der Waals surface area contributed by atoms with E-state index in [9.17, 15) is 4.39 Å². The SMILES string of the molecule is FC1(CNC2CC2c2ccc(-c3cccc4ccccc34)s2)CCNCC1. The molecular formula is C23H25FN2S. The van der Waals surface area contributed by atoms with E-state index >= 15 is 0 Å². The Kier molecular flexibility index (Phi) is 4.50. The van der Waals surface area contributed by atoms with Crippen molar-refractivity contribution in [2.75, 3.05) is 19.6 Å². The highest BCUT2D eigenvalue weighted by Gasteiger charge is 2.41. The van der Waals surface area contributed by atoms with Gasteiger partial charge in [-0.1, -0.05) is 42.5 Å². The lowest BCUT2D eigenvalue weighted by molar-refractivity contribution is 0.113. The lowest BCUT2D eigenvalue weighted by Crippen LogP contribution is -2.46. The van der Waals surface area contributed by atoms with Gasteiger partial charge in [0.1, 0.15) is 5.67 Å². The number of rotatable bonds is 5. The van der Waals surface area contributed by atoms with Crippen LogP contribution in [0.3, 0.4) is 0 Å². The lowest BCUT2D eigenvalue weighted by Gasteiger charge is -2.30. The van der Waals surface area contributed by atoms with Crippen molar-refractivity contribution in [1.82, 2.24) is 10.6 Å². The molecule has 0 radical (unpaired) electrons. The number of thiophene rings is 1. The Bertz CT molecular complexity index is 939. The summed E-state index contributed by atoms with van der Waals surface area (Å²) in [5.41, 5.74) is 0.286. The number of hydrogen-bond donors (Lipinski definition) is 2. The van der Waals surface area contributed by atoms with Gasteiger partial charge in [-0.25, -0.2) is 4.39 Å². The summed E-state index contributed by atoms with van der Waals surface area (Å²) in [5, 5.41) is 9.33. The largest absolute Gasteiger partial charge is 0.316 e. The molecule has 1 aromatic heterocycles. The van der Waals surface area contributed by atoms with Crippen molar-refractivity contribution < 1.29 is 4.39 Å². The molecule has 5 rings (SSSR count). The minimum atomic E-state index is -1.03. The highest BCUT2D eigenvalue weighted by molar-refractivity contribution is 7.15. The fourth-order valence-electron chi connectivity index (χ4n) is 4.24. The Labute approximate surface area is 163 Å². The van der Waals surface area contributed by atoms with Gasteiger partial charge < -0.3 is 10.6 Å². The van der Waals surface area contributed by atoms with Gasteiger partial charge in [0.15, 0.2) is 0 Å². The van der Waals surface area contributed by atoms with Crippen LogP contribution in [-0.4, -0.2) is 31.3 Å². The molecule has 2 N–H and O–H groups in total. The molecule has 4 heteroatoms. The van der Waals surface area contributed by atoms with E-state index in [1.807, 2.05) is 11.3 Å². The van der Waals surface area contributed by atoms with E-state index in [0.717, 1.165) is 19.5 Å². The van der Waals surface area contributed by atoms with Gasteiger partial charge in [-0.15, -0.1) is 11.3 Å². The Morgan fingerprint density at radius 1 is 1.04 bits per heavy atom. The van der Waals surface area contributed by atoms with Gasteiger partial charge in [0, 0.05) is 28.3 Å². The van der Waals surface area contributed by atoms with Gasteiger partial charge in [0.2, 0.25) is 0 Å². The molecule has 2 aliphatic rings. The van der Waals surface area contributed by atoms with Crippen molar-refractivity contribution in [2.24, 2.45) is 0 Å². The topological polar surface area (TPSA) is 24.1 Å². The Morgan fingerprint density at radius 2 is 1.85 bits per heavy atom. The third-order valence-electron chi connectivity index (χ3n) is 6.02. The molecule has 1 saturated carbocycles. The van der Waals surface area contributed by atoms with Crippen LogP contribution in [0.25, 0.3) is 21.2 Å². The van der Waals surface area contributed by atoms with Crippen molar-refractivity contribution in [2.45, 2.75) is 36.9 Å². The minimum absolute atomic E-state index is 0.437. The second-order valence-corrected chi connectivity index (χ2v) is 9.07. The highest BCUT2D eigenvalue weighted by atomic mass is 32.1. The van der Waals surface area contributed by atoms with E-state index < -0.39 is 5.67 Å². The Hall–Kier alpha value is -1.75. The van der Waals surface area contributed by atoms with E-state index in [1.165, 1.54) is 26.1 Å². The maximum atomic E-state index is 14.8. The van der Waals surface area contributed by atoms with Gasteiger partial charge in [0.05, 0.1) is 0 Å². The van der Waals surface area contributed by atoms with Crippen LogP contribution in [0, 0.1) is 0 Å². The van der Waals surface area contributed by atoms with Crippen molar-refractivity contribution in [3.63, 3.8) is 0 Å². The normalized spacial score (nSPS) is 24.2. The predicted molar refractivity (Wildman–Crippen MR) is 112 cm³/mol. The van der Waals surface area contributed by atoms with Gasteiger partial charge in [-0.2, -0.15) is 0 Å². The molecule has 1 aliphatic carbocycles. The zero-order valence-corrected chi connectivity index (χ0v) is 16.2. The van der Waals surface area contributed by atoms with Crippen LogP contribution in [0.4, 0.5) is 4.39 Å². The molecule has 27 heavy (non-hydrogen) atoms. The van der Waals surface area contributed by atoms with E-state index in [-0.39, 0.29) is 0 Å². The molecule has 0 amide bonds. The average Bonchev–Trinajstić information content (AvgIpc) is 3.32. The number of fused-ring (bicyclic) bond motifs is 1. The Balaban J connectivity index is 1.28. The van der Waals surface area contributed by atoms with E-state index in [2.05, 4.69) is 65.2 Å². The first-order chi connectivity index (χ1) is 13.2. The molecule has 0 spiro atoms. The van der Waals surface area contributed by atoms with Crippen LogP contribution in [0.2, 0.25) is 0 Å². The van der Waals surface area contributed by atoms with Gasteiger partial charge >= 0.3 is 0 Å². The first kappa shape index (κ1) is 17.4. The summed E-state index contributed by atoms with van der Waals surface area (Å²) < 4.78 is 14.8. The first-order valence-electron chi connectivity index (χ1n) is 9.93. The van der Waals surface area contributed by atoms with Crippen LogP contribution in [0.1, 0.15) is 30.1 Å². The smallest absolute Gasteiger partial charge is 0.125 e. The summed E-state index contributed by atoms with van der Waals surface area (Å²) >= 11 is 1.89. The number of hydrogen-bond acceptors (Lipinski definition) is 3. The lowest BCUT2D eigenvalue weighted by atomic mass is 9.94. The fourth-order valence-corrected chi connectivity index (χ4v) is 5.46. The molecule has 0 bridgehead atoms. The molecule has 2 aromatic carbocycles. The van der Waals surface area contributed by atoms with E-state index in [0.29, 0.717) is 31.3 Å². The number of piperidine rings is 1. The molecular weight excluding hydrogens is 355 g/mol. The fraction of sp³-hybridized carbons (Fsp3) is 0.391. The van der Waals surface area contributed by atoms with E-state index in [4.69, 9.17) is 0 Å². The van der Waals surface area contributed by atoms with Crippen LogP contribution < -0.4 is 10.6 Å². The predicted octanol–water partition coefficient (Wildman–Crippen LogP) is 5.11. The second-order valence-electron chi connectivity index (χ2n) is 7.96.